The summed E-state index contributed by atoms with van der Waals surface area (Å²) < 4.78 is 20.3. The van der Waals surface area contributed by atoms with Crippen molar-refractivity contribution in [3.8, 4) is 16.9 Å². The largest absolute Gasteiger partial charge is 0.423 e. The van der Waals surface area contributed by atoms with Crippen LogP contribution in [0.4, 0.5) is 4.39 Å². The third-order valence-electron chi connectivity index (χ3n) is 6.55. The predicted molar refractivity (Wildman–Crippen MR) is 110 cm³/mol. The molecule has 2 nitrogen and oxygen atoms in total. The second kappa shape index (κ2) is 8.06. The minimum atomic E-state index is -0.425. The quantitative estimate of drug-likeness (QED) is 0.438. The van der Waals surface area contributed by atoms with Gasteiger partial charge >= 0.3 is 5.97 Å². The molecule has 2 aliphatic rings. The fourth-order valence-electron chi connectivity index (χ4n) is 4.83. The van der Waals surface area contributed by atoms with Crippen molar-refractivity contribution in [1.29, 1.82) is 0 Å². The van der Waals surface area contributed by atoms with Gasteiger partial charge in [-0.3, -0.25) is 4.79 Å². The average Bonchev–Trinajstić information content (AvgIpc) is 2.71. The monoisotopic (exact) mass is 380 g/mol. The van der Waals surface area contributed by atoms with Crippen LogP contribution in [-0.2, 0) is 11.2 Å². The summed E-state index contributed by atoms with van der Waals surface area (Å²) in [7, 11) is 0. The highest BCUT2D eigenvalue weighted by Gasteiger charge is 2.28. The summed E-state index contributed by atoms with van der Waals surface area (Å²) in [5.41, 5.74) is 3.46. The molecule has 0 saturated heterocycles. The van der Waals surface area contributed by atoms with Gasteiger partial charge in [0.1, 0.15) is 0 Å². The Labute approximate surface area is 167 Å². The number of benzene rings is 2. The molecule has 148 valence electrons. The summed E-state index contributed by atoms with van der Waals surface area (Å²) in [6, 6.07) is 12.0. The van der Waals surface area contributed by atoms with Crippen molar-refractivity contribution in [3.63, 3.8) is 0 Å². The zero-order valence-corrected chi connectivity index (χ0v) is 16.8. The Hall–Kier alpha value is -2.16. The molecule has 1 saturated carbocycles. The highest BCUT2D eigenvalue weighted by atomic mass is 19.1. The van der Waals surface area contributed by atoms with Crippen LogP contribution in [-0.4, -0.2) is 5.97 Å². The van der Waals surface area contributed by atoms with Crippen LogP contribution in [0.25, 0.3) is 11.1 Å². The van der Waals surface area contributed by atoms with E-state index in [9.17, 15) is 4.79 Å². The van der Waals surface area contributed by atoms with Crippen LogP contribution in [0, 0.1) is 17.7 Å². The first kappa shape index (κ1) is 19.2. The number of hydrogen-bond donors (Lipinski definition) is 0. The first-order valence-electron chi connectivity index (χ1n) is 10.7. The molecule has 28 heavy (non-hydrogen) atoms. The van der Waals surface area contributed by atoms with Crippen LogP contribution in [0.3, 0.4) is 0 Å². The van der Waals surface area contributed by atoms with Crippen molar-refractivity contribution in [2.75, 3.05) is 0 Å². The Kier molecular flexibility index (Phi) is 5.52. The van der Waals surface area contributed by atoms with Gasteiger partial charge in [-0.25, -0.2) is 4.39 Å². The van der Waals surface area contributed by atoms with Crippen LogP contribution in [0.5, 0.6) is 5.75 Å². The lowest BCUT2D eigenvalue weighted by molar-refractivity contribution is -0.139. The molecule has 1 fully saturated rings. The molecule has 0 spiro atoms. The molecule has 2 aromatic rings. The van der Waals surface area contributed by atoms with Gasteiger partial charge in [-0.2, -0.15) is 0 Å². The molecular formula is C25H29FO2. The van der Waals surface area contributed by atoms with E-state index in [1.807, 2.05) is 31.2 Å². The maximum absolute atomic E-state index is 15.0. The zero-order valence-electron chi connectivity index (χ0n) is 16.8. The van der Waals surface area contributed by atoms with E-state index >= 15 is 4.39 Å². The standard InChI is InChI=1S/C25H29FO2/c1-3-4-17-5-7-18(8-6-17)19-9-11-20(12-10-19)22-14-13-21-15-16(2)25(27)28-24(21)23(22)26/h9-14,16-18H,3-8,15H2,1-2H3. The molecule has 0 aromatic heterocycles. The Balaban J connectivity index is 1.52. The minimum Gasteiger partial charge on any atom is -0.423 e. The van der Waals surface area contributed by atoms with E-state index in [0.29, 0.717) is 17.9 Å². The number of esters is 1. The van der Waals surface area contributed by atoms with Crippen LogP contribution < -0.4 is 4.74 Å². The van der Waals surface area contributed by atoms with E-state index < -0.39 is 5.82 Å². The summed E-state index contributed by atoms with van der Waals surface area (Å²) in [6.45, 7) is 4.08. The number of hydrogen-bond acceptors (Lipinski definition) is 2. The van der Waals surface area contributed by atoms with Crippen molar-refractivity contribution < 1.29 is 13.9 Å². The van der Waals surface area contributed by atoms with Gasteiger partial charge in [-0.05, 0) is 60.6 Å². The van der Waals surface area contributed by atoms with Crippen LogP contribution >= 0.6 is 0 Å². The topological polar surface area (TPSA) is 26.3 Å². The second-order valence-electron chi connectivity index (χ2n) is 8.57. The molecule has 1 aliphatic carbocycles. The van der Waals surface area contributed by atoms with Crippen LogP contribution in [0.1, 0.15) is 69.4 Å². The molecule has 0 N–H and O–H groups in total. The first-order valence-corrected chi connectivity index (χ1v) is 10.7. The van der Waals surface area contributed by atoms with Gasteiger partial charge in [-0.1, -0.05) is 63.1 Å². The number of rotatable bonds is 4. The smallest absolute Gasteiger partial charge is 0.314 e. The summed E-state index contributed by atoms with van der Waals surface area (Å²) in [6.07, 6.45) is 8.33. The van der Waals surface area contributed by atoms with Crippen LogP contribution in [0.2, 0.25) is 0 Å². The van der Waals surface area contributed by atoms with E-state index in [0.717, 1.165) is 17.0 Å². The van der Waals surface area contributed by atoms with E-state index in [1.54, 1.807) is 0 Å². The van der Waals surface area contributed by atoms with Gasteiger partial charge in [0.2, 0.25) is 0 Å². The Morgan fingerprint density at radius 3 is 2.43 bits per heavy atom. The normalized spacial score (nSPS) is 24.5. The van der Waals surface area contributed by atoms with Gasteiger partial charge < -0.3 is 4.74 Å². The second-order valence-corrected chi connectivity index (χ2v) is 8.57. The lowest BCUT2D eigenvalue weighted by Gasteiger charge is -2.28. The van der Waals surface area contributed by atoms with E-state index in [4.69, 9.17) is 4.74 Å². The third-order valence-corrected chi connectivity index (χ3v) is 6.55. The summed E-state index contributed by atoms with van der Waals surface area (Å²) >= 11 is 0. The number of ether oxygens (including phenoxy) is 1. The van der Waals surface area contributed by atoms with Gasteiger partial charge in [0.15, 0.2) is 11.6 Å². The predicted octanol–water partition coefficient (Wildman–Crippen LogP) is 6.66. The molecule has 2 aromatic carbocycles. The highest BCUT2D eigenvalue weighted by molar-refractivity contribution is 5.79. The molecule has 4 rings (SSSR count). The van der Waals surface area contributed by atoms with E-state index in [-0.39, 0.29) is 17.6 Å². The summed E-state index contributed by atoms with van der Waals surface area (Å²) in [4.78, 5) is 11.9. The maximum Gasteiger partial charge on any atom is 0.314 e. The molecule has 1 unspecified atom stereocenters. The van der Waals surface area contributed by atoms with Gasteiger partial charge in [0.05, 0.1) is 5.92 Å². The lowest BCUT2D eigenvalue weighted by Crippen LogP contribution is -2.26. The van der Waals surface area contributed by atoms with E-state index in [1.165, 1.54) is 44.1 Å². The van der Waals surface area contributed by atoms with Crippen molar-refractivity contribution in [2.24, 2.45) is 11.8 Å². The van der Waals surface area contributed by atoms with Crippen LogP contribution in [0.15, 0.2) is 36.4 Å². The number of carbonyl (C=O) groups is 1. The van der Waals surface area contributed by atoms with Crippen molar-refractivity contribution in [1.82, 2.24) is 0 Å². The zero-order chi connectivity index (χ0) is 19.7. The third kappa shape index (κ3) is 3.72. The SMILES string of the molecule is CCCC1CCC(c2ccc(-c3ccc4c(c3F)OC(=O)C(C)C4)cc2)CC1. The Bertz CT molecular complexity index is 848. The van der Waals surface area contributed by atoms with Crippen molar-refractivity contribution >= 4 is 5.97 Å². The molecule has 0 bridgehead atoms. The molecule has 1 aliphatic heterocycles. The average molecular weight is 381 g/mol. The molecule has 0 amide bonds. The first-order chi connectivity index (χ1) is 13.6. The molecule has 3 heteroatoms. The molecule has 0 radical (unpaired) electrons. The van der Waals surface area contributed by atoms with Gasteiger partial charge in [-0.15, -0.1) is 0 Å². The molecule has 1 atom stereocenters. The number of halogens is 1. The number of carbonyl (C=O) groups excluding carboxylic acids is 1. The van der Waals surface area contributed by atoms with Crippen molar-refractivity contribution in [2.45, 2.75) is 64.7 Å². The maximum atomic E-state index is 15.0. The summed E-state index contributed by atoms with van der Waals surface area (Å²) in [5, 5.41) is 0. The molecule has 1 heterocycles. The number of fused-ring (bicyclic) bond motifs is 1. The minimum absolute atomic E-state index is 0.110. The highest BCUT2D eigenvalue weighted by Crippen LogP contribution is 2.39. The summed E-state index contributed by atoms with van der Waals surface area (Å²) in [5.74, 6) is 0.639. The van der Waals surface area contributed by atoms with Crippen molar-refractivity contribution in [3.05, 3.63) is 53.3 Å². The van der Waals surface area contributed by atoms with Gasteiger partial charge in [0.25, 0.3) is 0 Å². The van der Waals surface area contributed by atoms with Gasteiger partial charge in [0, 0.05) is 5.56 Å². The Morgan fingerprint density at radius 2 is 1.75 bits per heavy atom. The fraction of sp³-hybridized carbons (Fsp3) is 0.480. The van der Waals surface area contributed by atoms with E-state index in [2.05, 4.69) is 19.1 Å². The molecular weight excluding hydrogens is 351 g/mol. The fourth-order valence-corrected chi connectivity index (χ4v) is 4.83. The Morgan fingerprint density at radius 1 is 1.04 bits per heavy atom. The lowest BCUT2D eigenvalue weighted by atomic mass is 9.77.